The summed E-state index contributed by atoms with van der Waals surface area (Å²) in [6, 6.07) is 17.2. The third kappa shape index (κ3) is 6.15. The zero-order valence-electron chi connectivity index (χ0n) is 15.0. The van der Waals surface area contributed by atoms with Crippen LogP contribution in [-0.4, -0.2) is 5.78 Å². The molecular weight excluding hydrogens is 452 g/mol. The standard InChI is InChI=1S/C22H15Cl4NO2/c23-16-4-1-15(20(25)11-16)13-29-18-6-2-14(3-7-18)22(28)9-10-27-17-5-8-19(24)21(26)12-17/h1-12,27H,13H2/b10-9+. The number of anilines is 1. The van der Waals surface area contributed by atoms with Gasteiger partial charge in [0.2, 0.25) is 0 Å². The third-order valence-corrected chi connectivity index (χ3v) is 5.28. The lowest BCUT2D eigenvalue weighted by Gasteiger charge is -2.08. The number of hydrogen-bond acceptors (Lipinski definition) is 3. The van der Waals surface area contributed by atoms with E-state index in [4.69, 9.17) is 51.1 Å². The van der Waals surface area contributed by atoms with Crippen molar-refractivity contribution in [1.82, 2.24) is 0 Å². The lowest BCUT2D eigenvalue weighted by Crippen LogP contribution is -1.99. The SMILES string of the molecule is O=C(/C=C/Nc1ccc(Cl)c(Cl)c1)c1ccc(OCc2ccc(Cl)cc2Cl)cc1. The van der Waals surface area contributed by atoms with Crippen LogP contribution in [0.3, 0.4) is 0 Å². The van der Waals surface area contributed by atoms with Gasteiger partial charge >= 0.3 is 0 Å². The Morgan fingerprint density at radius 3 is 2.31 bits per heavy atom. The van der Waals surface area contributed by atoms with Crippen molar-refractivity contribution in [2.24, 2.45) is 0 Å². The summed E-state index contributed by atoms with van der Waals surface area (Å²) in [7, 11) is 0. The van der Waals surface area contributed by atoms with Crippen molar-refractivity contribution < 1.29 is 9.53 Å². The smallest absolute Gasteiger partial charge is 0.187 e. The highest BCUT2D eigenvalue weighted by atomic mass is 35.5. The van der Waals surface area contributed by atoms with Gasteiger partial charge < -0.3 is 10.1 Å². The van der Waals surface area contributed by atoms with E-state index in [1.165, 1.54) is 6.08 Å². The van der Waals surface area contributed by atoms with Gasteiger partial charge in [-0.1, -0.05) is 52.5 Å². The molecule has 0 bridgehead atoms. The predicted molar refractivity (Wildman–Crippen MR) is 121 cm³/mol. The Hall–Kier alpha value is -2.17. The maximum atomic E-state index is 12.3. The van der Waals surface area contributed by atoms with Crippen LogP contribution in [0.1, 0.15) is 15.9 Å². The van der Waals surface area contributed by atoms with Gasteiger partial charge in [-0.25, -0.2) is 0 Å². The molecule has 3 rings (SSSR count). The van der Waals surface area contributed by atoms with Crippen LogP contribution in [0.2, 0.25) is 20.1 Å². The van der Waals surface area contributed by atoms with Gasteiger partial charge in [-0.15, -0.1) is 0 Å². The van der Waals surface area contributed by atoms with Crippen LogP contribution in [0, 0.1) is 0 Å². The number of ether oxygens (including phenoxy) is 1. The van der Waals surface area contributed by atoms with Crippen LogP contribution in [0.15, 0.2) is 72.9 Å². The van der Waals surface area contributed by atoms with Gasteiger partial charge in [0.1, 0.15) is 12.4 Å². The Labute approximate surface area is 188 Å². The largest absolute Gasteiger partial charge is 0.489 e. The van der Waals surface area contributed by atoms with Crippen molar-refractivity contribution in [2.75, 3.05) is 5.32 Å². The minimum absolute atomic E-state index is 0.148. The van der Waals surface area contributed by atoms with Gasteiger partial charge in [-0.3, -0.25) is 4.79 Å². The van der Waals surface area contributed by atoms with E-state index in [0.717, 1.165) is 11.3 Å². The summed E-state index contributed by atoms with van der Waals surface area (Å²) in [4.78, 5) is 12.3. The molecule has 0 heterocycles. The summed E-state index contributed by atoms with van der Waals surface area (Å²) in [5, 5.41) is 5.01. The second-order valence-corrected chi connectivity index (χ2v) is 7.68. The lowest BCUT2D eigenvalue weighted by atomic mass is 10.1. The molecular formula is C22H15Cl4NO2. The summed E-state index contributed by atoms with van der Waals surface area (Å²) in [6.07, 6.45) is 2.99. The van der Waals surface area contributed by atoms with E-state index < -0.39 is 0 Å². The van der Waals surface area contributed by atoms with E-state index >= 15 is 0 Å². The van der Waals surface area contributed by atoms with Gasteiger partial charge in [-0.2, -0.15) is 0 Å². The van der Waals surface area contributed by atoms with Crippen molar-refractivity contribution in [3.05, 3.63) is 104 Å². The maximum Gasteiger partial charge on any atom is 0.187 e. The first-order chi connectivity index (χ1) is 13.9. The Balaban J connectivity index is 1.55. The predicted octanol–water partition coefficient (Wildman–Crippen LogP) is 7.69. The van der Waals surface area contributed by atoms with Crippen LogP contribution in [0.25, 0.3) is 0 Å². The monoisotopic (exact) mass is 465 g/mol. The first-order valence-electron chi connectivity index (χ1n) is 8.51. The molecule has 3 aromatic rings. The Morgan fingerprint density at radius 1 is 0.862 bits per heavy atom. The van der Waals surface area contributed by atoms with Crippen LogP contribution < -0.4 is 10.1 Å². The number of ketones is 1. The Kier molecular flexibility index (Phi) is 7.45. The average molecular weight is 467 g/mol. The number of nitrogens with one attached hydrogen (secondary N) is 1. The van der Waals surface area contributed by atoms with Gasteiger partial charge in [0.25, 0.3) is 0 Å². The molecule has 0 amide bonds. The molecule has 0 saturated carbocycles. The summed E-state index contributed by atoms with van der Waals surface area (Å²) in [6.45, 7) is 0.302. The van der Waals surface area contributed by atoms with Gasteiger partial charge in [-0.05, 0) is 54.6 Å². The Bertz CT molecular complexity index is 1050. The van der Waals surface area contributed by atoms with E-state index in [2.05, 4.69) is 5.32 Å². The summed E-state index contributed by atoms with van der Waals surface area (Å²) in [5.74, 6) is 0.482. The second kappa shape index (κ2) is 10.0. The molecule has 0 fully saturated rings. The molecule has 0 aromatic heterocycles. The van der Waals surface area contributed by atoms with E-state index in [1.807, 2.05) is 6.07 Å². The highest BCUT2D eigenvalue weighted by molar-refractivity contribution is 6.42. The zero-order valence-corrected chi connectivity index (χ0v) is 18.0. The second-order valence-electron chi connectivity index (χ2n) is 6.02. The molecule has 0 aliphatic heterocycles. The van der Waals surface area contributed by atoms with Gasteiger partial charge in [0, 0.05) is 39.1 Å². The molecule has 3 nitrogen and oxygen atoms in total. The molecule has 0 unspecified atom stereocenters. The number of rotatable bonds is 7. The number of benzene rings is 3. The van der Waals surface area contributed by atoms with E-state index in [9.17, 15) is 4.79 Å². The fourth-order valence-corrected chi connectivity index (χ4v) is 3.17. The van der Waals surface area contributed by atoms with Crippen molar-refractivity contribution in [3.8, 4) is 5.75 Å². The molecule has 0 aliphatic carbocycles. The number of hydrogen-bond donors (Lipinski definition) is 1. The molecule has 0 spiro atoms. The summed E-state index contributed by atoms with van der Waals surface area (Å²) in [5.41, 5.74) is 2.09. The first kappa shape index (κ1) is 21.5. The summed E-state index contributed by atoms with van der Waals surface area (Å²) < 4.78 is 5.71. The number of carbonyl (C=O) groups excluding carboxylic acids is 1. The van der Waals surface area contributed by atoms with Crippen molar-refractivity contribution in [2.45, 2.75) is 6.61 Å². The maximum absolute atomic E-state index is 12.3. The number of carbonyl (C=O) groups is 1. The molecule has 0 atom stereocenters. The fraction of sp³-hybridized carbons (Fsp3) is 0.0455. The first-order valence-corrected chi connectivity index (χ1v) is 10.0. The van der Waals surface area contributed by atoms with Crippen LogP contribution >= 0.6 is 46.4 Å². The van der Waals surface area contributed by atoms with Gasteiger partial charge in [0.05, 0.1) is 10.0 Å². The van der Waals surface area contributed by atoms with Crippen molar-refractivity contribution in [1.29, 1.82) is 0 Å². The fourth-order valence-electron chi connectivity index (χ4n) is 2.41. The van der Waals surface area contributed by atoms with E-state index in [-0.39, 0.29) is 5.78 Å². The molecule has 0 saturated heterocycles. The van der Waals surface area contributed by atoms with Crippen LogP contribution in [0.4, 0.5) is 5.69 Å². The number of halogens is 4. The average Bonchev–Trinajstić information content (AvgIpc) is 2.70. The quantitative estimate of drug-likeness (QED) is 0.286. The molecule has 148 valence electrons. The topological polar surface area (TPSA) is 38.3 Å². The molecule has 0 aliphatic rings. The number of allylic oxidation sites excluding steroid dienone is 1. The minimum Gasteiger partial charge on any atom is -0.489 e. The third-order valence-electron chi connectivity index (χ3n) is 3.95. The Morgan fingerprint density at radius 2 is 1.62 bits per heavy atom. The van der Waals surface area contributed by atoms with E-state index in [1.54, 1.807) is 60.8 Å². The van der Waals surface area contributed by atoms with Crippen molar-refractivity contribution >= 4 is 57.9 Å². The molecule has 3 aromatic carbocycles. The van der Waals surface area contributed by atoms with E-state index in [0.29, 0.717) is 38.0 Å². The molecule has 1 N–H and O–H groups in total. The van der Waals surface area contributed by atoms with Crippen LogP contribution in [0.5, 0.6) is 5.75 Å². The highest BCUT2D eigenvalue weighted by Gasteiger charge is 2.05. The highest BCUT2D eigenvalue weighted by Crippen LogP contribution is 2.25. The lowest BCUT2D eigenvalue weighted by molar-refractivity contribution is 0.104. The molecule has 7 heteroatoms. The zero-order chi connectivity index (χ0) is 20.8. The van der Waals surface area contributed by atoms with Crippen LogP contribution in [-0.2, 0) is 6.61 Å². The normalized spacial score (nSPS) is 10.9. The van der Waals surface area contributed by atoms with Crippen molar-refractivity contribution in [3.63, 3.8) is 0 Å². The van der Waals surface area contributed by atoms with Gasteiger partial charge in [0.15, 0.2) is 5.78 Å². The molecule has 0 radical (unpaired) electrons. The molecule has 29 heavy (non-hydrogen) atoms. The minimum atomic E-state index is -0.148. The summed E-state index contributed by atoms with van der Waals surface area (Å²) >= 11 is 23.9.